The maximum absolute atomic E-state index is 12.4. The molecule has 0 saturated heterocycles. The van der Waals surface area contributed by atoms with Crippen LogP contribution in [0.4, 0.5) is 11.4 Å². The fourth-order valence-electron chi connectivity index (χ4n) is 1.97. The zero-order chi connectivity index (χ0) is 17.7. The molecule has 2 aromatic rings. The largest absolute Gasteiger partial charge is 0.492 e. The van der Waals surface area contributed by atoms with Gasteiger partial charge in [0.15, 0.2) is 0 Å². The Hall–Kier alpha value is -3.11. The van der Waals surface area contributed by atoms with Gasteiger partial charge in [0.1, 0.15) is 5.75 Å². The second kappa shape index (κ2) is 7.44. The van der Waals surface area contributed by atoms with Crippen molar-refractivity contribution in [3.63, 3.8) is 0 Å². The van der Waals surface area contributed by atoms with Crippen molar-refractivity contribution in [2.45, 2.75) is 6.92 Å². The molecule has 0 fully saturated rings. The van der Waals surface area contributed by atoms with Crippen LogP contribution in [-0.4, -0.2) is 17.4 Å². The molecule has 0 saturated carbocycles. The van der Waals surface area contributed by atoms with Crippen molar-refractivity contribution in [1.29, 1.82) is 5.26 Å². The van der Waals surface area contributed by atoms with Crippen molar-refractivity contribution in [2.24, 2.45) is 0 Å². The van der Waals surface area contributed by atoms with E-state index in [0.717, 1.165) is 6.07 Å². The first-order valence-electron chi connectivity index (χ1n) is 6.88. The predicted molar refractivity (Wildman–Crippen MR) is 88.4 cm³/mol. The number of carbonyl (C=O) groups excluding carboxylic acids is 1. The molecule has 0 aromatic heterocycles. The van der Waals surface area contributed by atoms with Crippen molar-refractivity contribution in [3.8, 4) is 11.8 Å². The molecule has 0 spiro atoms. The van der Waals surface area contributed by atoms with E-state index >= 15 is 0 Å². The van der Waals surface area contributed by atoms with Crippen LogP contribution >= 0.6 is 11.6 Å². The number of non-ortho nitro benzene ring substituents is 1. The number of nitro benzene ring substituents is 1. The van der Waals surface area contributed by atoms with Crippen LogP contribution in [0.25, 0.3) is 0 Å². The quantitative estimate of drug-likeness (QED) is 0.655. The van der Waals surface area contributed by atoms with Gasteiger partial charge in [0.25, 0.3) is 11.6 Å². The van der Waals surface area contributed by atoms with Gasteiger partial charge in [-0.2, -0.15) is 5.26 Å². The Morgan fingerprint density at radius 3 is 2.71 bits per heavy atom. The van der Waals surface area contributed by atoms with E-state index in [1.807, 2.05) is 6.07 Å². The SMILES string of the molecule is CCOc1ccc(C#N)cc1NC(=O)c1ccc([N+](=O)[O-])cc1Cl. The molecule has 122 valence electrons. The number of hydrogen-bond donors (Lipinski definition) is 1. The molecule has 0 bridgehead atoms. The topological polar surface area (TPSA) is 105 Å². The lowest BCUT2D eigenvalue weighted by molar-refractivity contribution is -0.384. The van der Waals surface area contributed by atoms with E-state index in [2.05, 4.69) is 5.32 Å². The summed E-state index contributed by atoms with van der Waals surface area (Å²) in [5, 5.41) is 22.2. The number of benzene rings is 2. The van der Waals surface area contributed by atoms with Crippen molar-refractivity contribution >= 4 is 28.9 Å². The normalized spacial score (nSPS) is 9.88. The molecule has 24 heavy (non-hydrogen) atoms. The minimum atomic E-state index is -0.600. The van der Waals surface area contributed by atoms with Gasteiger partial charge in [-0.25, -0.2) is 0 Å². The molecule has 2 rings (SSSR count). The number of rotatable bonds is 5. The number of hydrogen-bond acceptors (Lipinski definition) is 5. The molecule has 0 heterocycles. The average Bonchev–Trinajstić information content (AvgIpc) is 2.56. The number of amides is 1. The van der Waals surface area contributed by atoms with Crippen LogP contribution in [0, 0.1) is 21.4 Å². The highest BCUT2D eigenvalue weighted by molar-refractivity contribution is 6.34. The highest BCUT2D eigenvalue weighted by Crippen LogP contribution is 2.28. The fraction of sp³-hybridized carbons (Fsp3) is 0.125. The fourth-order valence-corrected chi connectivity index (χ4v) is 2.23. The third-order valence-electron chi connectivity index (χ3n) is 3.06. The van der Waals surface area contributed by atoms with Gasteiger partial charge in [-0.3, -0.25) is 14.9 Å². The second-order valence-corrected chi connectivity index (χ2v) is 5.04. The number of halogens is 1. The number of nitriles is 1. The van der Waals surface area contributed by atoms with E-state index in [9.17, 15) is 14.9 Å². The molecule has 0 radical (unpaired) electrons. The molecule has 0 unspecified atom stereocenters. The van der Waals surface area contributed by atoms with E-state index in [1.165, 1.54) is 18.2 Å². The predicted octanol–water partition coefficient (Wildman–Crippen LogP) is 3.77. The third kappa shape index (κ3) is 3.80. The van der Waals surface area contributed by atoms with Crippen LogP contribution < -0.4 is 10.1 Å². The van der Waals surface area contributed by atoms with Crippen LogP contribution in [0.3, 0.4) is 0 Å². The Kier molecular flexibility index (Phi) is 5.35. The van der Waals surface area contributed by atoms with Gasteiger partial charge in [-0.15, -0.1) is 0 Å². The molecule has 1 N–H and O–H groups in total. The minimum Gasteiger partial charge on any atom is -0.492 e. The van der Waals surface area contributed by atoms with E-state index in [4.69, 9.17) is 21.6 Å². The summed E-state index contributed by atoms with van der Waals surface area (Å²) in [5.41, 5.74) is 0.531. The monoisotopic (exact) mass is 345 g/mol. The third-order valence-corrected chi connectivity index (χ3v) is 3.38. The number of anilines is 1. The number of nitrogens with one attached hydrogen (secondary N) is 1. The van der Waals surface area contributed by atoms with Crippen LogP contribution in [0.5, 0.6) is 5.75 Å². The second-order valence-electron chi connectivity index (χ2n) is 4.63. The van der Waals surface area contributed by atoms with Gasteiger partial charge >= 0.3 is 0 Å². The zero-order valence-electron chi connectivity index (χ0n) is 12.6. The van der Waals surface area contributed by atoms with E-state index in [0.29, 0.717) is 23.6 Å². The van der Waals surface area contributed by atoms with Crippen molar-refractivity contribution in [2.75, 3.05) is 11.9 Å². The van der Waals surface area contributed by atoms with E-state index in [1.54, 1.807) is 19.1 Å². The lowest BCUT2D eigenvalue weighted by Gasteiger charge is -2.12. The van der Waals surface area contributed by atoms with Crippen LogP contribution in [-0.2, 0) is 0 Å². The molecule has 0 atom stereocenters. The molecular formula is C16H12ClN3O4. The molecule has 2 aromatic carbocycles. The Morgan fingerprint density at radius 1 is 1.38 bits per heavy atom. The summed E-state index contributed by atoms with van der Waals surface area (Å²) < 4.78 is 5.41. The summed E-state index contributed by atoms with van der Waals surface area (Å²) in [5.74, 6) is -0.158. The molecular weight excluding hydrogens is 334 g/mol. The Labute approximate surface area is 142 Å². The first kappa shape index (κ1) is 17.2. The Morgan fingerprint density at radius 2 is 2.12 bits per heavy atom. The lowest BCUT2D eigenvalue weighted by Crippen LogP contribution is -2.14. The highest BCUT2D eigenvalue weighted by atomic mass is 35.5. The standard InChI is InChI=1S/C16H12ClN3O4/c1-2-24-15-6-3-10(9-18)7-14(15)19-16(21)12-5-4-11(20(22)23)8-13(12)17/h3-8H,2H2,1H3,(H,19,21). The van der Waals surface area contributed by atoms with E-state index < -0.39 is 10.8 Å². The number of nitro groups is 1. The molecule has 1 amide bonds. The zero-order valence-corrected chi connectivity index (χ0v) is 13.3. The first-order valence-corrected chi connectivity index (χ1v) is 7.26. The number of ether oxygens (including phenoxy) is 1. The van der Waals surface area contributed by atoms with Crippen LogP contribution in [0.15, 0.2) is 36.4 Å². The van der Waals surface area contributed by atoms with Crippen molar-refractivity contribution in [3.05, 3.63) is 62.7 Å². The smallest absolute Gasteiger partial charge is 0.270 e. The number of nitrogens with zero attached hydrogens (tertiary/aromatic N) is 2. The van der Waals surface area contributed by atoms with Gasteiger partial charge in [0.2, 0.25) is 0 Å². The molecule has 0 aliphatic rings. The van der Waals surface area contributed by atoms with Gasteiger partial charge in [-0.05, 0) is 31.2 Å². The van der Waals surface area contributed by atoms with Crippen molar-refractivity contribution < 1.29 is 14.5 Å². The van der Waals surface area contributed by atoms with Gasteiger partial charge in [0.05, 0.1) is 39.4 Å². The summed E-state index contributed by atoms with van der Waals surface area (Å²) in [6, 6.07) is 10.2. The van der Waals surface area contributed by atoms with Gasteiger partial charge in [0, 0.05) is 12.1 Å². The highest BCUT2D eigenvalue weighted by Gasteiger charge is 2.17. The summed E-state index contributed by atoms with van der Waals surface area (Å²) in [4.78, 5) is 22.5. The summed E-state index contributed by atoms with van der Waals surface area (Å²) in [6.07, 6.45) is 0. The van der Waals surface area contributed by atoms with Crippen molar-refractivity contribution in [1.82, 2.24) is 0 Å². The Bertz CT molecular complexity index is 846. The Balaban J connectivity index is 2.33. The maximum Gasteiger partial charge on any atom is 0.270 e. The maximum atomic E-state index is 12.4. The summed E-state index contributed by atoms with van der Waals surface area (Å²) in [7, 11) is 0. The lowest BCUT2D eigenvalue weighted by atomic mass is 10.1. The van der Waals surface area contributed by atoms with Gasteiger partial charge in [-0.1, -0.05) is 11.6 Å². The average molecular weight is 346 g/mol. The van der Waals surface area contributed by atoms with Crippen LogP contribution in [0.1, 0.15) is 22.8 Å². The first-order chi connectivity index (χ1) is 11.5. The molecule has 8 heteroatoms. The minimum absolute atomic E-state index is 0.0453. The number of carbonyl (C=O) groups is 1. The van der Waals surface area contributed by atoms with Gasteiger partial charge < -0.3 is 10.1 Å². The summed E-state index contributed by atoms with van der Waals surface area (Å²) >= 11 is 5.95. The van der Waals surface area contributed by atoms with Crippen LogP contribution in [0.2, 0.25) is 5.02 Å². The molecule has 0 aliphatic heterocycles. The summed E-state index contributed by atoms with van der Waals surface area (Å²) in [6.45, 7) is 2.17. The molecule has 7 nitrogen and oxygen atoms in total. The molecule has 0 aliphatic carbocycles. The van der Waals surface area contributed by atoms with E-state index in [-0.39, 0.29) is 16.3 Å².